The average molecular weight is 366 g/mol. The lowest BCUT2D eigenvalue weighted by molar-refractivity contribution is 0.119. The Bertz CT molecular complexity index is 766. The van der Waals surface area contributed by atoms with Gasteiger partial charge in [-0.1, -0.05) is 0 Å². The zero-order chi connectivity index (χ0) is 15.5. The van der Waals surface area contributed by atoms with Gasteiger partial charge in [-0.3, -0.25) is 4.40 Å². The number of likely N-dealkylation sites (tertiary alicyclic amines) is 1. The van der Waals surface area contributed by atoms with E-state index in [1.807, 2.05) is 10.6 Å². The molecule has 3 N–H and O–H groups in total. The maximum absolute atomic E-state index is 11.0. The molecule has 3 heterocycles. The predicted octanol–water partition coefficient (Wildman–Crippen LogP) is 2.32. The lowest BCUT2D eigenvalue weighted by Crippen LogP contribution is -2.38. The maximum Gasteiger partial charge on any atom is 0.407 e. The number of nitrogens with zero attached hydrogens (tertiary/aromatic N) is 4. The van der Waals surface area contributed by atoms with Crippen LogP contribution in [0.15, 0.2) is 17.0 Å². The van der Waals surface area contributed by atoms with Crippen molar-refractivity contribution in [3.8, 4) is 0 Å². The molecule has 2 aliphatic rings. The highest BCUT2D eigenvalue weighted by molar-refractivity contribution is 9.10. The molecule has 2 aromatic rings. The molecule has 4 rings (SSSR count). The molecule has 1 saturated heterocycles. The van der Waals surface area contributed by atoms with E-state index in [0.29, 0.717) is 24.8 Å². The highest BCUT2D eigenvalue weighted by Gasteiger charge is 2.57. The van der Waals surface area contributed by atoms with Gasteiger partial charge in [0.1, 0.15) is 15.9 Å². The molecule has 2 aromatic heterocycles. The van der Waals surface area contributed by atoms with E-state index >= 15 is 0 Å². The first kappa shape index (κ1) is 13.8. The zero-order valence-electron chi connectivity index (χ0n) is 11.9. The Morgan fingerprint density at radius 2 is 2.18 bits per heavy atom. The van der Waals surface area contributed by atoms with E-state index in [1.165, 1.54) is 4.90 Å². The Kier molecular flexibility index (Phi) is 2.87. The minimum absolute atomic E-state index is 0.199. The number of nitrogens with two attached hydrogens (primary N) is 1. The second-order valence-electron chi connectivity index (χ2n) is 6.18. The number of hydrogen-bond acceptors (Lipinski definition) is 4. The van der Waals surface area contributed by atoms with Gasteiger partial charge < -0.3 is 15.7 Å². The highest BCUT2D eigenvalue weighted by atomic mass is 79.9. The van der Waals surface area contributed by atoms with Crippen molar-refractivity contribution in [1.29, 1.82) is 0 Å². The third-order valence-electron chi connectivity index (χ3n) is 5.10. The molecule has 7 nitrogen and oxygen atoms in total. The first-order valence-electron chi connectivity index (χ1n) is 7.28. The summed E-state index contributed by atoms with van der Waals surface area (Å²) in [5.41, 5.74) is 6.95. The van der Waals surface area contributed by atoms with E-state index in [0.717, 1.165) is 35.2 Å². The summed E-state index contributed by atoms with van der Waals surface area (Å²) < 4.78 is 2.73. The summed E-state index contributed by atoms with van der Waals surface area (Å²) in [4.78, 5) is 21.3. The van der Waals surface area contributed by atoms with Gasteiger partial charge in [-0.05, 0) is 40.6 Å². The number of amides is 1. The fraction of sp³-hybridized carbons (Fsp3) is 0.500. The summed E-state index contributed by atoms with van der Waals surface area (Å²) in [6.45, 7) is 1.22. The van der Waals surface area contributed by atoms with E-state index in [-0.39, 0.29) is 5.41 Å². The summed E-state index contributed by atoms with van der Waals surface area (Å²) >= 11 is 3.47. The third-order valence-corrected chi connectivity index (χ3v) is 5.65. The van der Waals surface area contributed by atoms with E-state index in [4.69, 9.17) is 10.8 Å². The van der Waals surface area contributed by atoms with Crippen LogP contribution in [-0.2, 0) is 0 Å². The molecule has 1 aliphatic heterocycles. The number of carboxylic acid groups (broad SMARTS) is 1. The summed E-state index contributed by atoms with van der Waals surface area (Å²) in [5.74, 6) is 1.83. The van der Waals surface area contributed by atoms with Gasteiger partial charge in [0.15, 0.2) is 5.82 Å². The maximum atomic E-state index is 11.0. The normalized spacial score (nSPS) is 23.1. The number of halogens is 1. The molecule has 1 spiro atoms. The number of rotatable bonds is 1. The fourth-order valence-corrected chi connectivity index (χ4v) is 4.27. The van der Waals surface area contributed by atoms with Gasteiger partial charge in [-0.2, -0.15) is 0 Å². The van der Waals surface area contributed by atoms with Crippen LogP contribution in [0.3, 0.4) is 0 Å². The molecular weight excluding hydrogens is 350 g/mol. The highest BCUT2D eigenvalue weighted by Crippen LogP contribution is 2.64. The van der Waals surface area contributed by atoms with E-state index < -0.39 is 6.09 Å². The van der Waals surface area contributed by atoms with Crippen molar-refractivity contribution < 1.29 is 9.90 Å². The van der Waals surface area contributed by atoms with Crippen LogP contribution in [0.1, 0.15) is 31.0 Å². The van der Waals surface area contributed by atoms with Crippen LogP contribution in [0.4, 0.5) is 10.6 Å². The largest absolute Gasteiger partial charge is 0.465 e. The number of piperidine rings is 1. The van der Waals surface area contributed by atoms with Gasteiger partial charge >= 0.3 is 6.09 Å². The van der Waals surface area contributed by atoms with Gasteiger partial charge in [-0.25, -0.2) is 14.8 Å². The topological polar surface area (TPSA) is 96.8 Å². The fourth-order valence-electron chi connectivity index (χ4n) is 3.70. The van der Waals surface area contributed by atoms with Gasteiger partial charge in [0.2, 0.25) is 0 Å². The number of anilines is 1. The lowest BCUT2D eigenvalue weighted by Gasteiger charge is -2.30. The van der Waals surface area contributed by atoms with Crippen molar-refractivity contribution >= 4 is 33.4 Å². The van der Waals surface area contributed by atoms with Crippen molar-refractivity contribution in [3.63, 3.8) is 0 Å². The van der Waals surface area contributed by atoms with E-state index in [2.05, 4.69) is 25.9 Å². The molecule has 1 unspecified atom stereocenters. The molecular formula is C14H16BrN5O2. The number of nitrogen functional groups attached to an aromatic ring is 1. The van der Waals surface area contributed by atoms with Crippen molar-refractivity contribution in [1.82, 2.24) is 19.3 Å². The third kappa shape index (κ3) is 1.89. The lowest BCUT2D eigenvalue weighted by atomic mass is 9.91. The zero-order valence-corrected chi connectivity index (χ0v) is 13.5. The van der Waals surface area contributed by atoms with E-state index in [9.17, 15) is 4.79 Å². The first-order chi connectivity index (χ1) is 10.5. The molecule has 116 valence electrons. The number of carbonyl (C=O) groups is 1. The van der Waals surface area contributed by atoms with Crippen LogP contribution in [0, 0.1) is 5.41 Å². The Hall–Kier alpha value is -1.83. The Morgan fingerprint density at radius 1 is 1.45 bits per heavy atom. The number of aromatic nitrogens is 3. The van der Waals surface area contributed by atoms with Gasteiger partial charge in [0.25, 0.3) is 0 Å². The Labute approximate surface area is 135 Å². The summed E-state index contributed by atoms with van der Waals surface area (Å²) in [7, 11) is 0. The summed E-state index contributed by atoms with van der Waals surface area (Å²) in [6, 6.07) is 0. The van der Waals surface area contributed by atoms with E-state index in [1.54, 1.807) is 6.20 Å². The van der Waals surface area contributed by atoms with Crippen molar-refractivity contribution in [2.45, 2.75) is 25.2 Å². The van der Waals surface area contributed by atoms with Gasteiger partial charge in [0.05, 0.1) is 0 Å². The number of hydrogen-bond donors (Lipinski definition) is 2. The van der Waals surface area contributed by atoms with Crippen molar-refractivity contribution in [3.05, 3.63) is 22.8 Å². The van der Waals surface area contributed by atoms with Crippen LogP contribution in [-0.4, -0.2) is 43.6 Å². The van der Waals surface area contributed by atoms with Crippen LogP contribution in [0.2, 0.25) is 0 Å². The minimum atomic E-state index is -0.820. The molecule has 1 atom stereocenters. The van der Waals surface area contributed by atoms with Crippen LogP contribution < -0.4 is 5.73 Å². The Balaban J connectivity index is 1.63. The number of fused-ring (bicyclic) bond motifs is 1. The molecule has 0 aromatic carbocycles. The number of imidazole rings is 1. The van der Waals surface area contributed by atoms with Crippen LogP contribution in [0.5, 0.6) is 0 Å². The van der Waals surface area contributed by atoms with Crippen LogP contribution in [0.25, 0.3) is 5.52 Å². The summed E-state index contributed by atoms with van der Waals surface area (Å²) in [5, 5.41) is 9.07. The molecule has 0 bridgehead atoms. The average Bonchev–Trinajstić information content (AvgIpc) is 3.06. The Morgan fingerprint density at radius 3 is 2.86 bits per heavy atom. The molecule has 1 saturated carbocycles. The van der Waals surface area contributed by atoms with Crippen LogP contribution >= 0.6 is 15.9 Å². The molecule has 8 heteroatoms. The minimum Gasteiger partial charge on any atom is -0.465 e. The predicted molar refractivity (Wildman–Crippen MR) is 83.7 cm³/mol. The molecule has 0 radical (unpaired) electrons. The molecule has 22 heavy (non-hydrogen) atoms. The van der Waals surface area contributed by atoms with Gasteiger partial charge in [0, 0.05) is 31.4 Å². The quantitative estimate of drug-likeness (QED) is 0.808. The summed E-state index contributed by atoms with van der Waals surface area (Å²) in [6.07, 6.45) is 5.61. The standard InChI is InChI=1S/C14H16BrN5O2/c15-10-9-11(16)17-3-6-20(9)12(18-10)8-7-14(8)1-4-19(5-2-14)13(21)22/h3,6,8H,1-2,4-5,7H2,(H2,16,17)(H,21,22). The molecule has 1 aliphatic carbocycles. The van der Waals surface area contributed by atoms with Gasteiger partial charge in [-0.15, -0.1) is 0 Å². The van der Waals surface area contributed by atoms with Crippen molar-refractivity contribution in [2.24, 2.45) is 5.41 Å². The molecule has 2 fully saturated rings. The second-order valence-corrected chi connectivity index (χ2v) is 6.93. The SMILES string of the molecule is Nc1nccn2c(C3CC34CCN(C(=O)O)CC4)nc(Br)c12. The first-order valence-corrected chi connectivity index (χ1v) is 8.07. The molecule has 1 amide bonds. The smallest absolute Gasteiger partial charge is 0.407 e. The monoisotopic (exact) mass is 365 g/mol. The second kappa shape index (κ2) is 4.58. The van der Waals surface area contributed by atoms with Crippen molar-refractivity contribution in [2.75, 3.05) is 18.8 Å².